The van der Waals surface area contributed by atoms with Crippen molar-refractivity contribution in [2.75, 3.05) is 29.4 Å². The molecule has 1 atom stereocenters. The minimum absolute atomic E-state index is 0.0253. The Hall–Kier alpha value is -2.96. The average molecular weight is 509 g/mol. The molecule has 0 bridgehead atoms. The zero-order valence-corrected chi connectivity index (χ0v) is 20.4. The molecular weight excluding hydrogens is 481 g/mol. The van der Waals surface area contributed by atoms with Crippen LogP contribution in [0.25, 0.3) is 10.2 Å². The van der Waals surface area contributed by atoms with E-state index in [9.17, 15) is 18.0 Å². The molecule has 13 heteroatoms. The number of fused-ring (bicyclic) bond motifs is 2. The summed E-state index contributed by atoms with van der Waals surface area (Å²) in [4.78, 5) is 27.5. The smallest absolute Gasteiger partial charge is 0.352 e. The first-order valence-corrected chi connectivity index (χ1v) is 12.6. The van der Waals surface area contributed by atoms with E-state index >= 15 is 0 Å². The molecule has 1 N–H and O–H groups in total. The highest BCUT2D eigenvalue weighted by Gasteiger charge is 2.40. The zero-order valence-electron chi connectivity index (χ0n) is 19.6. The number of nitrogens with one attached hydrogen (secondary N) is 1. The van der Waals surface area contributed by atoms with Crippen molar-refractivity contribution in [3.8, 4) is 0 Å². The maximum atomic E-state index is 13.3. The second kappa shape index (κ2) is 9.25. The Bertz CT molecular complexity index is 1240. The van der Waals surface area contributed by atoms with Gasteiger partial charge in [-0.3, -0.25) is 4.79 Å². The highest BCUT2D eigenvalue weighted by atomic mass is 32.1. The molecule has 2 aliphatic heterocycles. The lowest BCUT2D eigenvalue weighted by Gasteiger charge is -2.34. The second-order valence-corrected chi connectivity index (χ2v) is 10.1. The van der Waals surface area contributed by atoms with Gasteiger partial charge >= 0.3 is 6.18 Å². The number of carbonyl (C=O) groups is 1. The van der Waals surface area contributed by atoms with E-state index in [1.165, 1.54) is 11.8 Å². The first kappa shape index (κ1) is 23.8. The number of aromatic nitrogens is 5. The van der Waals surface area contributed by atoms with Crippen molar-refractivity contribution >= 4 is 39.2 Å². The van der Waals surface area contributed by atoms with Crippen LogP contribution in [0.3, 0.4) is 0 Å². The number of hydrogen-bond acceptors (Lipinski definition) is 8. The predicted octanol–water partition coefficient (Wildman–Crippen LogP) is 3.38. The lowest BCUT2D eigenvalue weighted by atomic mass is 10.1. The van der Waals surface area contributed by atoms with Gasteiger partial charge in [0.1, 0.15) is 10.6 Å². The van der Waals surface area contributed by atoms with Gasteiger partial charge in [0, 0.05) is 44.0 Å². The Kier molecular flexibility index (Phi) is 6.28. The van der Waals surface area contributed by atoms with Gasteiger partial charge in [0.05, 0.1) is 11.9 Å². The maximum absolute atomic E-state index is 13.3. The van der Waals surface area contributed by atoms with E-state index in [4.69, 9.17) is 9.97 Å². The van der Waals surface area contributed by atoms with Crippen LogP contribution in [0.15, 0.2) is 6.07 Å². The third-order valence-electron chi connectivity index (χ3n) is 6.33. The Morgan fingerprint density at radius 3 is 2.77 bits per heavy atom. The van der Waals surface area contributed by atoms with Gasteiger partial charge in [-0.2, -0.15) is 18.2 Å². The van der Waals surface area contributed by atoms with Crippen molar-refractivity contribution in [1.29, 1.82) is 0 Å². The van der Waals surface area contributed by atoms with Crippen molar-refractivity contribution in [1.82, 2.24) is 30.0 Å². The molecule has 188 valence electrons. The van der Waals surface area contributed by atoms with Crippen LogP contribution in [0.1, 0.15) is 49.6 Å². The number of carbonyl (C=O) groups excluding carboxylic acids is 1. The average Bonchev–Trinajstić information content (AvgIpc) is 3.41. The van der Waals surface area contributed by atoms with Crippen molar-refractivity contribution in [2.24, 2.45) is 0 Å². The van der Waals surface area contributed by atoms with E-state index in [-0.39, 0.29) is 30.9 Å². The molecule has 35 heavy (non-hydrogen) atoms. The molecule has 1 saturated heterocycles. The summed E-state index contributed by atoms with van der Waals surface area (Å²) >= 11 is 1.63. The van der Waals surface area contributed by atoms with Crippen molar-refractivity contribution in [3.63, 3.8) is 0 Å². The number of halogens is 3. The lowest BCUT2D eigenvalue weighted by molar-refractivity contribution is -0.147. The Labute approximate surface area is 204 Å². The van der Waals surface area contributed by atoms with Crippen LogP contribution in [-0.4, -0.2) is 56.3 Å². The van der Waals surface area contributed by atoms with E-state index < -0.39 is 12.0 Å². The van der Waals surface area contributed by atoms with Gasteiger partial charge in [0.25, 0.3) is 0 Å². The summed E-state index contributed by atoms with van der Waals surface area (Å²) in [5, 5.41) is 11.1. The first-order valence-electron chi connectivity index (χ1n) is 11.8. The zero-order chi connectivity index (χ0) is 24.7. The molecule has 0 spiro atoms. The highest BCUT2D eigenvalue weighted by molar-refractivity contribution is 7.18. The standard InChI is InChI=1S/C22H27F3N8OS/c1-3-5-15-10-16-18(31-8-9-33-17(12-31)29-30-20(33)22(23,24)25)27-21(28-19(16)35-15)32-7-4-6-14(11-32)26-13(2)34/h10,14H,3-9,11-12H2,1-2H3,(H,26,34)/t14-/m0/s1. The Morgan fingerprint density at radius 1 is 1.20 bits per heavy atom. The largest absolute Gasteiger partial charge is 0.451 e. The molecule has 5 rings (SSSR count). The molecule has 1 fully saturated rings. The number of rotatable bonds is 5. The van der Waals surface area contributed by atoms with E-state index in [1.54, 1.807) is 11.3 Å². The van der Waals surface area contributed by atoms with Gasteiger partial charge in [-0.25, -0.2) is 4.98 Å². The monoisotopic (exact) mass is 508 g/mol. The number of alkyl halides is 3. The number of anilines is 2. The summed E-state index contributed by atoms with van der Waals surface area (Å²) < 4.78 is 41.0. The normalized spacial score (nSPS) is 18.7. The number of nitrogens with zero attached hydrogens (tertiary/aromatic N) is 7. The minimum atomic E-state index is -4.54. The van der Waals surface area contributed by atoms with Gasteiger partial charge in [0.15, 0.2) is 5.82 Å². The van der Waals surface area contributed by atoms with Gasteiger partial charge in [-0.15, -0.1) is 21.5 Å². The van der Waals surface area contributed by atoms with Crippen LogP contribution in [0.5, 0.6) is 0 Å². The topological polar surface area (TPSA) is 92.1 Å². The molecule has 3 aromatic rings. The third kappa shape index (κ3) is 4.78. The molecule has 3 aromatic heterocycles. The van der Waals surface area contributed by atoms with Crippen molar-refractivity contribution in [3.05, 3.63) is 22.6 Å². The summed E-state index contributed by atoms with van der Waals surface area (Å²) in [5.41, 5.74) is 0. The Morgan fingerprint density at radius 2 is 2.03 bits per heavy atom. The van der Waals surface area contributed by atoms with E-state index in [1.807, 2.05) is 4.90 Å². The van der Waals surface area contributed by atoms with Gasteiger partial charge in [0.2, 0.25) is 17.7 Å². The lowest BCUT2D eigenvalue weighted by Crippen LogP contribution is -2.47. The maximum Gasteiger partial charge on any atom is 0.451 e. The van der Waals surface area contributed by atoms with Crippen LogP contribution in [0, 0.1) is 0 Å². The quantitative estimate of drug-likeness (QED) is 0.565. The fraction of sp³-hybridized carbons (Fsp3) is 0.591. The number of thiophene rings is 1. The van der Waals surface area contributed by atoms with Crippen LogP contribution in [0.2, 0.25) is 0 Å². The summed E-state index contributed by atoms with van der Waals surface area (Å²) in [6.45, 7) is 5.68. The summed E-state index contributed by atoms with van der Waals surface area (Å²) in [7, 11) is 0. The Balaban J connectivity index is 1.50. The van der Waals surface area contributed by atoms with E-state index in [0.29, 0.717) is 24.9 Å². The predicted molar refractivity (Wildman–Crippen MR) is 127 cm³/mol. The minimum Gasteiger partial charge on any atom is -0.352 e. The van der Waals surface area contributed by atoms with Crippen molar-refractivity contribution in [2.45, 2.75) is 64.8 Å². The highest BCUT2D eigenvalue weighted by Crippen LogP contribution is 2.36. The number of amides is 1. The molecule has 0 saturated carbocycles. The second-order valence-electron chi connectivity index (χ2n) is 9.03. The molecule has 0 aliphatic carbocycles. The van der Waals surface area contributed by atoms with Crippen LogP contribution < -0.4 is 15.1 Å². The van der Waals surface area contributed by atoms with Gasteiger partial charge in [-0.1, -0.05) is 13.3 Å². The summed E-state index contributed by atoms with van der Waals surface area (Å²) in [5.74, 6) is 0.527. The van der Waals surface area contributed by atoms with E-state index in [2.05, 4.69) is 33.4 Å². The molecule has 1 amide bonds. The third-order valence-corrected chi connectivity index (χ3v) is 7.41. The van der Waals surface area contributed by atoms with Crippen molar-refractivity contribution < 1.29 is 18.0 Å². The number of piperidine rings is 1. The fourth-order valence-corrected chi connectivity index (χ4v) is 5.93. The van der Waals surface area contributed by atoms with Gasteiger partial charge in [-0.05, 0) is 25.3 Å². The molecule has 5 heterocycles. The molecule has 9 nitrogen and oxygen atoms in total. The molecule has 0 radical (unpaired) electrons. The number of aryl methyl sites for hydroxylation is 1. The molecule has 0 unspecified atom stereocenters. The summed E-state index contributed by atoms with van der Waals surface area (Å²) in [6.07, 6.45) is -0.814. The van der Waals surface area contributed by atoms with Gasteiger partial charge < -0.3 is 19.7 Å². The molecular formula is C22H27F3N8OS. The fourth-order valence-electron chi connectivity index (χ4n) is 4.81. The van der Waals surface area contributed by atoms with Crippen LogP contribution in [-0.2, 0) is 30.5 Å². The SMILES string of the molecule is CCCc1cc2c(N3CCn4c(nnc4C(F)(F)F)C3)nc(N3CCC[C@H](NC(C)=O)C3)nc2s1. The summed E-state index contributed by atoms with van der Waals surface area (Å²) in [6, 6.07) is 2.12. The number of hydrogen-bond donors (Lipinski definition) is 1. The van der Waals surface area contributed by atoms with E-state index in [0.717, 1.165) is 47.0 Å². The van der Waals surface area contributed by atoms with Crippen LogP contribution >= 0.6 is 11.3 Å². The first-order chi connectivity index (χ1) is 16.7. The van der Waals surface area contributed by atoms with Crippen LogP contribution in [0.4, 0.5) is 24.9 Å². The molecule has 0 aromatic carbocycles. The molecule has 2 aliphatic rings.